The van der Waals surface area contributed by atoms with Gasteiger partial charge in [-0.3, -0.25) is 0 Å². The van der Waals surface area contributed by atoms with Gasteiger partial charge in [-0.05, 0) is 6.42 Å². The summed E-state index contributed by atoms with van der Waals surface area (Å²) in [5.41, 5.74) is 0.412. The van der Waals surface area contributed by atoms with Crippen molar-refractivity contribution in [2.24, 2.45) is 0 Å². The molecule has 1 unspecified atom stereocenters. The van der Waals surface area contributed by atoms with E-state index in [9.17, 15) is 0 Å². The number of ether oxygens (including phenoxy) is 1. The Bertz CT molecular complexity index is 94.1. The van der Waals surface area contributed by atoms with Gasteiger partial charge in [-0.15, -0.1) is 11.8 Å². The van der Waals surface area contributed by atoms with Crippen molar-refractivity contribution in [3.05, 3.63) is 0 Å². The SMILES string of the molecule is CCCCOC1CNCCS1. The molecule has 3 heteroatoms. The Morgan fingerprint density at radius 3 is 3.18 bits per heavy atom. The highest BCUT2D eigenvalue weighted by molar-refractivity contribution is 7.99. The molecule has 1 aliphatic rings. The molecule has 0 aromatic carbocycles. The van der Waals surface area contributed by atoms with Crippen molar-refractivity contribution in [2.45, 2.75) is 25.2 Å². The number of rotatable bonds is 4. The van der Waals surface area contributed by atoms with Gasteiger partial charge in [0.2, 0.25) is 0 Å². The zero-order chi connectivity index (χ0) is 7.94. The average molecular weight is 175 g/mol. The van der Waals surface area contributed by atoms with E-state index in [1.807, 2.05) is 11.8 Å². The van der Waals surface area contributed by atoms with Crippen molar-refractivity contribution in [1.82, 2.24) is 5.32 Å². The minimum atomic E-state index is 0.412. The van der Waals surface area contributed by atoms with Gasteiger partial charge in [0.1, 0.15) is 5.44 Å². The predicted octanol–water partition coefficient (Wildman–Crippen LogP) is 1.47. The summed E-state index contributed by atoms with van der Waals surface area (Å²) in [4.78, 5) is 0. The standard InChI is InChI=1S/C8H17NOS/c1-2-3-5-10-8-7-9-4-6-11-8/h8-9H,2-7H2,1H3. The van der Waals surface area contributed by atoms with Crippen LogP contribution in [0.2, 0.25) is 0 Å². The Morgan fingerprint density at radius 2 is 2.55 bits per heavy atom. The fraction of sp³-hybridized carbons (Fsp3) is 1.00. The molecule has 0 saturated carbocycles. The number of unbranched alkanes of at least 4 members (excludes halogenated alkanes) is 1. The molecule has 1 atom stereocenters. The van der Waals surface area contributed by atoms with Crippen molar-refractivity contribution >= 4 is 11.8 Å². The molecule has 0 aliphatic carbocycles. The smallest absolute Gasteiger partial charge is 0.115 e. The minimum absolute atomic E-state index is 0.412. The van der Waals surface area contributed by atoms with E-state index in [-0.39, 0.29) is 0 Å². The topological polar surface area (TPSA) is 21.3 Å². The highest BCUT2D eigenvalue weighted by Gasteiger charge is 2.12. The maximum absolute atomic E-state index is 5.62. The zero-order valence-electron chi connectivity index (χ0n) is 7.14. The van der Waals surface area contributed by atoms with E-state index in [2.05, 4.69) is 12.2 Å². The molecule has 1 heterocycles. The van der Waals surface area contributed by atoms with Crippen LogP contribution in [-0.2, 0) is 4.74 Å². The number of hydrogen-bond donors (Lipinski definition) is 1. The summed E-state index contributed by atoms with van der Waals surface area (Å²) in [6.07, 6.45) is 2.42. The Kier molecular flexibility index (Phi) is 4.99. The van der Waals surface area contributed by atoms with E-state index in [1.54, 1.807) is 0 Å². The third kappa shape index (κ3) is 3.99. The summed E-state index contributed by atoms with van der Waals surface area (Å²) >= 11 is 1.93. The molecule has 1 saturated heterocycles. The number of hydrogen-bond acceptors (Lipinski definition) is 3. The number of thioether (sulfide) groups is 1. The van der Waals surface area contributed by atoms with Crippen LogP contribution in [0.1, 0.15) is 19.8 Å². The molecule has 0 bridgehead atoms. The van der Waals surface area contributed by atoms with Crippen molar-refractivity contribution in [3.8, 4) is 0 Å². The van der Waals surface area contributed by atoms with Crippen molar-refractivity contribution in [1.29, 1.82) is 0 Å². The molecule has 0 spiro atoms. The summed E-state index contributed by atoms with van der Waals surface area (Å²) in [6, 6.07) is 0. The molecule has 2 nitrogen and oxygen atoms in total. The van der Waals surface area contributed by atoms with Gasteiger partial charge in [0.15, 0.2) is 0 Å². The van der Waals surface area contributed by atoms with Crippen LogP contribution in [-0.4, -0.2) is 30.9 Å². The molecule has 66 valence electrons. The lowest BCUT2D eigenvalue weighted by Crippen LogP contribution is -2.34. The Hall–Kier alpha value is 0.270. The van der Waals surface area contributed by atoms with Crippen LogP contribution in [0.3, 0.4) is 0 Å². The summed E-state index contributed by atoms with van der Waals surface area (Å²) in [5, 5.41) is 3.32. The Labute approximate surface area is 73.1 Å². The van der Waals surface area contributed by atoms with Gasteiger partial charge in [-0.1, -0.05) is 13.3 Å². The van der Waals surface area contributed by atoms with Crippen LogP contribution in [0.4, 0.5) is 0 Å². The monoisotopic (exact) mass is 175 g/mol. The second-order valence-electron chi connectivity index (χ2n) is 2.73. The summed E-state index contributed by atoms with van der Waals surface area (Å²) in [5.74, 6) is 1.19. The van der Waals surface area contributed by atoms with Crippen molar-refractivity contribution < 1.29 is 4.74 Å². The maximum Gasteiger partial charge on any atom is 0.115 e. The minimum Gasteiger partial charge on any atom is -0.366 e. The van der Waals surface area contributed by atoms with Crippen molar-refractivity contribution in [2.75, 3.05) is 25.4 Å². The Morgan fingerprint density at radius 1 is 1.64 bits per heavy atom. The van der Waals surface area contributed by atoms with Crippen LogP contribution >= 0.6 is 11.8 Å². The zero-order valence-corrected chi connectivity index (χ0v) is 7.95. The molecular formula is C8H17NOS. The first-order chi connectivity index (χ1) is 5.43. The van der Waals surface area contributed by atoms with E-state index in [4.69, 9.17) is 4.74 Å². The summed E-state index contributed by atoms with van der Waals surface area (Å²) in [6.45, 7) is 5.28. The van der Waals surface area contributed by atoms with Crippen LogP contribution in [0.25, 0.3) is 0 Å². The lowest BCUT2D eigenvalue weighted by atomic mass is 10.4. The van der Waals surface area contributed by atoms with Crippen LogP contribution < -0.4 is 5.32 Å². The lowest BCUT2D eigenvalue weighted by Gasteiger charge is -2.22. The first kappa shape index (κ1) is 9.36. The van der Waals surface area contributed by atoms with Gasteiger partial charge in [0, 0.05) is 25.4 Å². The Balaban J connectivity index is 1.96. The first-order valence-electron chi connectivity index (χ1n) is 4.37. The maximum atomic E-state index is 5.62. The van der Waals surface area contributed by atoms with E-state index in [0.29, 0.717) is 5.44 Å². The van der Waals surface area contributed by atoms with E-state index in [1.165, 1.54) is 18.6 Å². The second-order valence-corrected chi connectivity index (χ2v) is 4.00. The summed E-state index contributed by atoms with van der Waals surface area (Å²) < 4.78 is 5.62. The highest BCUT2D eigenvalue weighted by Crippen LogP contribution is 2.14. The molecule has 0 aromatic rings. The number of nitrogens with one attached hydrogen (secondary N) is 1. The quantitative estimate of drug-likeness (QED) is 0.654. The van der Waals surface area contributed by atoms with Gasteiger partial charge in [0.05, 0.1) is 0 Å². The summed E-state index contributed by atoms with van der Waals surface area (Å²) in [7, 11) is 0. The molecule has 1 fully saturated rings. The third-order valence-electron chi connectivity index (χ3n) is 1.70. The van der Waals surface area contributed by atoms with Gasteiger partial charge in [-0.2, -0.15) is 0 Å². The van der Waals surface area contributed by atoms with Gasteiger partial charge in [0.25, 0.3) is 0 Å². The largest absolute Gasteiger partial charge is 0.366 e. The van der Waals surface area contributed by atoms with Crippen LogP contribution in [0.15, 0.2) is 0 Å². The molecular weight excluding hydrogens is 158 g/mol. The normalized spacial score (nSPS) is 25.4. The van der Waals surface area contributed by atoms with E-state index >= 15 is 0 Å². The van der Waals surface area contributed by atoms with E-state index in [0.717, 1.165) is 19.7 Å². The predicted molar refractivity (Wildman–Crippen MR) is 50.0 cm³/mol. The third-order valence-corrected chi connectivity index (χ3v) is 2.81. The van der Waals surface area contributed by atoms with Gasteiger partial charge < -0.3 is 10.1 Å². The van der Waals surface area contributed by atoms with Crippen LogP contribution in [0.5, 0.6) is 0 Å². The van der Waals surface area contributed by atoms with Gasteiger partial charge >= 0.3 is 0 Å². The first-order valence-corrected chi connectivity index (χ1v) is 5.42. The lowest BCUT2D eigenvalue weighted by molar-refractivity contribution is 0.107. The molecule has 1 rings (SSSR count). The second kappa shape index (κ2) is 5.86. The molecule has 1 N–H and O–H groups in total. The molecule has 11 heavy (non-hydrogen) atoms. The fourth-order valence-electron chi connectivity index (χ4n) is 1.01. The molecule has 1 aliphatic heterocycles. The highest BCUT2D eigenvalue weighted by atomic mass is 32.2. The van der Waals surface area contributed by atoms with E-state index < -0.39 is 0 Å². The molecule has 0 amide bonds. The fourth-order valence-corrected chi connectivity index (χ4v) is 1.96. The van der Waals surface area contributed by atoms with Crippen molar-refractivity contribution in [3.63, 3.8) is 0 Å². The average Bonchev–Trinajstić information content (AvgIpc) is 2.07. The van der Waals surface area contributed by atoms with Gasteiger partial charge in [-0.25, -0.2) is 0 Å². The molecule has 0 radical (unpaired) electrons. The molecule has 0 aromatic heterocycles. The van der Waals surface area contributed by atoms with Crippen LogP contribution in [0, 0.1) is 0 Å².